The lowest BCUT2D eigenvalue weighted by atomic mass is 9.93. The molecule has 0 fully saturated rings. The van der Waals surface area contributed by atoms with Crippen molar-refractivity contribution < 1.29 is 9.53 Å². The Kier molecular flexibility index (Phi) is 8.38. The van der Waals surface area contributed by atoms with Crippen LogP contribution in [0, 0.1) is 5.92 Å². The summed E-state index contributed by atoms with van der Waals surface area (Å²) in [6.45, 7) is 6.65. The molecule has 1 atom stereocenters. The van der Waals surface area contributed by atoms with Crippen LogP contribution in [0.2, 0.25) is 0 Å². The molecule has 0 aliphatic rings. The molecule has 0 aliphatic carbocycles. The monoisotopic (exact) mass is 215 g/mol. The summed E-state index contributed by atoms with van der Waals surface area (Å²) in [7, 11) is 0. The second kappa shape index (κ2) is 8.72. The third kappa shape index (κ3) is 7.37. The van der Waals surface area contributed by atoms with Gasteiger partial charge in [-0.1, -0.05) is 26.7 Å². The topological polar surface area (TPSA) is 52.3 Å². The van der Waals surface area contributed by atoms with E-state index in [2.05, 4.69) is 13.8 Å². The molecule has 2 N–H and O–H groups in total. The van der Waals surface area contributed by atoms with Gasteiger partial charge in [0.15, 0.2) is 0 Å². The average molecular weight is 215 g/mol. The predicted molar refractivity (Wildman–Crippen MR) is 62.5 cm³/mol. The second-order valence-electron chi connectivity index (χ2n) is 4.02. The first-order chi connectivity index (χ1) is 7.13. The molecule has 0 rings (SSSR count). The molecular formula is C12H25NO2. The van der Waals surface area contributed by atoms with Crippen LogP contribution in [0.1, 0.15) is 52.9 Å². The Balaban J connectivity index is 3.64. The van der Waals surface area contributed by atoms with Crippen LogP contribution in [0.25, 0.3) is 0 Å². The molecule has 1 unspecified atom stereocenters. The third-order valence-corrected chi connectivity index (χ3v) is 2.82. The molecule has 0 aromatic rings. The van der Waals surface area contributed by atoms with Gasteiger partial charge in [0.25, 0.3) is 0 Å². The zero-order valence-electron chi connectivity index (χ0n) is 10.3. The Bertz CT molecular complexity index is 167. The summed E-state index contributed by atoms with van der Waals surface area (Å²) < 4.78 is 4.86. The average Bonchev–Trinajstić information content (AvgIpc) is 2.23. The van der Waals surface area contributed by atoms with Crippen LogP contribution in [0.3, 0.4) is 0 Å². The Labute approximate surface area is 93.4 Å². The standard InChI is InChI=1S/C12H25NO2/c1-4-10(5-2)9-11(13)7-8-12(14)15-6-3/h10-11H,4-9,13H2,1-3H3. The fourth-order valence-electron chi connectivity index (χ4n) is 1.70. The van der Waals surface area contributed by atoms with Crippen molar-refractivity contribution in [2.24, 2.45) is 11.7 Å². The van der Waals surface area contributed by atoms with E-state index in [1.54, 1.807) is 0 Å². The molecular weight excluding hydrogens is 190 g/mol. The maximum Gasteiger partial charge on any atom is 0.305 e. The largest absolute Gasteiger partial charge is 0.466 e. The molecule has 0 saturated heterocycles. The van der Waals surface area contributed by atoms with Gasteiger partial charge in [-0.15, -0.1) is 0 Å². The van der Waals surface area contributed by atoms with Crippen molar-refractivity contribution in [2.45, 2.75) is 58.9 Å². The summed E-state index contributed by atoms with van der Waals surface area (Å²) in [5.74, 6) is 0.569. The number of ether oxygens (including phenoxy) is 1. The number of nitrogens with two attached hydrogens (primary N) is 1. The Morgan fingerprint density at radius 1 is 1.27 bits per heavy atom. The third-order valence-electron chi connectivity index (χ3n) is 2.82. The normalized spacial score (nSPS) is 12.9. The molecule has 0 aliphatic heterocycles. The number of carbonyl (C=O) groups is 1. The van der Waals surface area contributed by atoms with E-state index in [1.807, 2.05) is 6.92 Å². The van der Waals surface area contributed by atoms with Crippen molar-refractivity contribution >= 4 is 5.97 Å². The van der Waals surface area contributed by atoms with Crippen molar-refractivity contribution in [1.29, 1.82) is 0 Å². The van der Waals surface area contributed by atoms with Gasteiger partial charge in [0.2, 0.25) is 0 Å². The van der Waals surface area contributed by atoms with E-state index in [1.165, 1.54) is 12.8 Å². The fraction of sp³-hybridized carbons (Fsp3) is 0.917. The Morgan fingerprint density at radius 2 is 1.87 bits per heavy atom. The molecule has 0 aromatic carbocycles. The lowest BCUT2D eigenvalue weighted by molar-refractivity contribution is -0.143. The van der Waals surface area contributed by atoms with E-state index >= 15 is 0 Å². The van der Waals surface area contributed by atoms with Crippen LogP contribution in [0.4, 0.5) is 0 Å². The number of rotatable bonds is 8. The van der Waals surface area contributed by atoms with E-state index < -0.39 is 0 Å². The van der Waals surface area contributed by atoms with Gasteiger partial charge in [0.1, 0.15) is 0 Å². The van der Waals surface area contributed by atoms with E-state index in [4.69, 9.17) is 10.5 Å². The maximum absolute atomic E-state index is 11.1. The Morgan fingerprint density at radius 3 is 2.33 bits per heavy atom. The van der Waals surface area contributed by atoms with Crippen LogP contribution in [0.5, 0.6) is 0 Å². The van der Waals surface area contributed by atoms with Crippen LogP contribution in [-0.2, 0) is 9.53 Å². The van der Waals surface area contributed by atoms with Gasteiger partial charge in [0, 0.05) is 12.5 Å². The van der Waals surface area contributed by atoms with Crippen LogP contribution in [-0.4, -0.2) is 18.6 Å². The lowest BCUT2D eigenvalue weighted by Crippen LogP contribution is -2.24. The molecule has 0 bridgehead atoms. The molecule has 0 aromatic heterocycles. The van der Waals surface area contributed by atoms with Gasteiger partial charge in [-0.3, -0.25) is 4.79 Å². The highest BCUT2D eigenvalue weighted by Crippen LogP contribution is 2.16. The van der Waals surface area contributed by atoms with Crippen molar-refractivity contribution in [2.75, 3.05) is 6.61 Å². The first-order valence-corrected chi connectivity index (χ1v) is 6.05. The van der Waals surface area contributed by atoms with Crippen LogP contribution < -0.4 is 5.73 Å². The van der Waals surface area contributed by atoms with E-state index in [9.17, 15) is 4.79 Å². The SMILES string of the molecule is CCOC(=O)CCC(N)CC(CC)CC. The van der Waals surface area contributed by atoms with Crippen molar-refractivity contribution in [3.05, 3.63) is 0 Å². The minimum absolute atomic E-state index is 0.127. The highest BCUT2D eigenvalue weighted by atomic mass is 16.5. The summed E-state index contributed by atoms with van der Waals surface area (Å²) in [5.41, 5.74) is 5.96. The molecule has 0 heterocycles. The fourth-order valence-corrected chi connectivity index (χ4v) is 1.70. The molecule has 0 amide bonds. The molecule has 3 nitrogen and oxygen atoms in total. The molecule has 3 heteroatoms. The molecule has 0 saturated carbocycles. The molecule has 0 radical (unpaired) electrons. The van der Waals surface area contributed by atoms with Crippen molar-refractivity contribution in [3.63, 3.8) is 0 Å². The van der Waals surface area contributed by atoms with Gasteiger partial charge < -0.3 is 10.5 Å². The van der Waals surface area contributed by atoms with Gasteiger partial charge in [-0.25, -0.2) is 0 Å². The quantitative estimate of drug-likeness (QED) is 0.633. The first kappa shape index (κ1) is 14.4. The number of hydrogen-bond donors (Lipinski definition) is 1. The number of esters is 1. The van der Waals surface area contributed by atoms with Crippen molar-refractivity contribution in [3.8, 4) is 0 Å². The van der Waals surface area contributed by atoms with Gasteiger partial charge >= 0.3 is 5.97 Å². The minimum atomic E-state index is -0.127. The maximum atomic E-state index is 11.1. The summed E-state index contributed by atoms with van der Waals surface area (Å²) in [5, 5.41) is 0. The van der Waals surface area contributed by atoms with Crippen molar-refractivity contribution in [1.82, 2.24) is 0 Å². The van der Waals surface area contributed by atoms with Crippen LogP contribution in [0.15, 0.2) is 0 Å². The minimum Gasteiger partial charge on any atom is -0.466 e. The van der Waals surface area contributed by atoms with E-state index in [0.717, 1.165) is 12.8 Å². The summed E-state index contributed by atoms with van der Waals surface area (Å²) in [6.07, 6.45) is 4.56. The highest BCUT2D eigenvalue weighted by Gasteiger charge is 2.12. The van der Waals surface area contributed by atoms with Gasteiger partial charge in [-0.2, -0.15) is 0 Å². The van der Waals surface area contributed by atoms with E-state index in [0.29, 0.717) is 18.9 Å². The zero-order valence-corrected chi connectivity index (χ0v) is 10.3. The predicted octanol–water partition coefficient (Wildman–Crippen LogP) is 2.48. The smallest absolute Gasteiger partial charge is 0.305 e. The highest BCUT2D eigenvalue weighted by molar-refractivity contribution is 5.69. The van der Waals surface area contributed by atoms with Crippen LogP contribution >= 0.6 is 0 Å². The summed E-state index contributed by atoms with van der Waals surface area (Å²) in [6, 6.07) is 0.138. The molecule has 90 valence electrons. The van der Waals surface area contributed by atoms with Gasteiger partial charge in [0.05, 0.1) is 6.61 Å². The Hall–Kier alpha value is -0.570. The zero-order chi connectivity index (χ0) is 11.7. The summed E-state index contributed by atoms with van der Waals surface area (Å²) in [4.78, 5) is 11.1. The second-order valence-corrected chi connectivity index (χ2v) is 4.02. The van der Waals surface area contributed by atoms with Gasteiger partial charge in [-0.05, 0) is 25.7 Å². The molecule has 15 heavy (non-hydrogen) atoms. The number of hydrogen-bond acceptors (Lipinski definition) is 3. The number of carbonyl (C=O) groups excluding carboxylic acids is 1. The molecule has 0 spiro atoms. The van der Waals surface area contributed by atoms with E-state index in [-0.39, 0.29) is 12.0 Å². The first-order valence-electron chi connectivity index (χ1n) is 6.05. The lowest BCUT2D eigenvalue weighted by Gasteiger charge is -2.17. The summed E-state index contributed by atoms with van der Waals surface area (Å²) >= 11 is 0.